The number of nitrogens with zero attached hydrogens (tertiary/aromatic N) is 5. The highest BCUT2D eigenvalue weighted by Crippen LogP contribution is 2.36. The monoisotopic (exact) mass is 805 g/mol. The summed E-state index contributed by atoms with van der Waals surface area (Å²) in [7, 11) is 2.43. The van der Waals surface area contributed by atoms with E-state index < -0.39 is 42.3 Å². The van der Waals surface area contributed by atoms with Gasteiger partial charge in [-0.05, 0) is 42.2 Å². The summed E-state index contributed by atoms with van der Waals surface area (Å²) >= 11 is 0. The van der Waals surface area contributed by atoms with Crippen molar-refractivity contribution in [3.05, 3.63) is 107 Å². The van der Waals surface area contributed by atoms with Crippen LogP contribution in [0.2, 0.25) is 0 Å². The van der Waals surface area contributed by atoms with Crippen molar-refractivity contribution in [2.45, 2.75) is 62.4 Å². The number of methoxy groups -OCH3 is 2. The van der Waals surface area contributed by atoms with Crippen molar-refractivity contribution in [2.75, 3.05) is 49.4 Å². The maximum Gasteiger partial charge on any atom is 0.340 e. The molecule has 1 saturated carbocycles. The number of aliphatic hydroxyl groups is 2. The van der Waals surface area contributed by atoms with Crippen molar-refractivity contribution in [3.8, 4) is 0 Å². The number of fused-ring (bicyclic) bond motifs is 1. The van der Waals surface area contributed by atoms with Crippen molar-refractivity contribution in [1.82, 2.24) is 30.2 Å². The van der Waals surface area contributed by atoms with E-state index in [1.54, 1.807) is 17.8 Å². The maximum absolute atomic E-state index is 13.3. The molecule has 3 aromatic carbocycles. The van der Waals surface area contributed by atoms with Crippen LogP contribution in [0.1, 0.15) is 70.0 Å². The topological polar surface area (TPSA) is 222 Å². The smallest absolute Gasteiger partial charge is 0.340 e. The number of hydrogen-bond donors (Lipinski definition) is 6. The van der Waals surface area contributed by atoms with E-state index in [0.29, 0.717) is 49.0 Å². The molecule has 5 atom stereocenters. The van der Waals surface area contributed by atoms with Gasteiger partial charge < -0.3 is 50.4 Å². The van der Waals surface area contributed by atoms with Crippen LogP contribution in [0.3, 0.4) is 0 Å². The number of esters is 2. The summed E-state index contributed by atoms with van der Waals surface area (Å²) in [6, 6.07) is 22.2. The second-order valence-electron chi connectivity index (χ2n) is 14.5. The molecule has 2 aromatic heterocycles. The Hall–Kier alpha value is -6.59. The number of hydrogen-bond acceptors (Lipinski definition) is 13. The van der Waals surface area contributed by atoms with E-state index in [0.717, 1.165) is 11.1 Å². The van der Waals surface area contributed by atoms with Gasteiger partial charge in [0, 0.05) is 38.0 Å². The largest absolute Gasteiger partial charge is 0.465 e. The van der Waals surface area contributed by atoms with Gasteiger partial charge >= 0.3 is 18.0 Å². The second-order valence-corrected chi connectivity index (χ2v) is 14.5. The lowest BCUT2D eigenvalue weighted by Gasteiger charge is -2.22. The highest BCUT2D eigenvalue weighted by Gasteiger charge is 2.44. The minimum atomic E-state index is -1.21. The first-order chi connectivity index (χ1) is 28.6. The Morgan fingerprint density at radius 1 is 0.881 bits per heavy atom. The number of rotatable bonds is 13. The number of urea groups is 1. The van der Waals surface area contributed by atoms with Gasteiger partial charge in [0.05, 0.1) is 49.4 Å². The summed E-state index contributed by atoms with van der Waals surface area (Å²) < 4.78 is 11.4. The van der Waals surface area contributed by atoms with Gasteiger partial charge in [-0.1, -0.05) is 67.6 Å². The van der Waals surface area contributed by atoms with Crippen LogP contribution in [0.4, 0.5) is 22.2 Å². The Balaban J connectivity index is 1.16. The standard InChI is InChI=1S/C42H47N9O8/c1-4-33(52)46-31-20-32(36(54)35(31)53)51-23-44-34-37(43-21-29(24-11-7-5-8-12-24)25-13-9-6-10-14-25)48-41(49-38(34)51)50-18-17-27(22-50)45-42(57)47-30-16-15-26(39(55)58-2)19-28(30)40(56)59-3/h5-16,19,23,27,29,31-32,35-36,53-54H,4,17-18,20-22H2,1-3H3,(H,46,52)(H,43,48,49)(H2,45,47,57)/t27-,31+,32-,35-,36+/m1/s1. The van der Waals surface area contributed by atoms with Crippen LogP contribution in [-0.4, -0.2) is 112 Å². The average molecular weight is 806 g/mol. The molecule has 2 aliphatic rings. The van der Waals surface area contributed by atoms with Gasteiger partial charge in [0.25, 0.3) is 0 Å². The Morgan fingerprint density at radius 2 is 1.58 bits per heavy atom. The van der Waals surface area contributed by atoms with Gasteiger partial charge in [0.2, 0.25) is 11.9 Å². The summed E-state index contributed by atoms with van der Waals surface area (Å²) in [6.45, 7) is 3.00. The zero-order valence-corrected chi connectivity index (χ0v) is 32.9. The zero-order chi connectivity index (χ0) is 41.6. The molecule has 17 nitrogen and oxygen atoms in total. The van der Waals surface area contributed by atoms with Gasteiger partial charge in [-0.15, -0.1) is 0 Å². The summed E-state index contributed by atoms with van der Waals surface area (Å²) in [6.07, 6.45) is 0.195. The molecule has 3 heterocycles. The van der Waals surface area contributed by atoms with Crippen molar-refractivity contribution < 1.29 is 38.9 Å². The highest BCUT2D eigenvalue weighted by atomic mass is 16.5. The minimum Gasteiger partial charge on any atom is -0.465 e. The molecule has 59 heavy (non-hydrogen) atoms. The molecule has 1 aliphatic heterocycles. The second kappa shape index (κ2) is 17.9. The van der Waals surface area contributed by atoms with Gasteiger partial charge in [-0.3, -0.25) is 4.79 Å². The highest BCUT2D eigenvalue weighted by molar-refractivity contribution is 6.03. The van der Waals surface area contributed by atoms with E-state index in [1.807, 2.05) is 41.3 Å². The summed E-state index contributed by atoms with van der Waals surface area (Å²) in [5.74, 6) is -0.840. The first kappa shape index (κ1) is 40.6. The van der Waals surface area contributed by atoms with Crippen LogP contribution >= 0.6 is 0 Å². The molecule has 5 aromatic rings. The fraction of sp³-hybridized carbons (Fsp3) is 0.357. The Labute approximate surface area is 340 Å². The number of carbonyl (C=O) groups is 4. The van der Waals surface area contributed by atoms with Crippen LogP contribution in [0.5, 0.6) is 0 Å². The van der Waals surface area contributed by atoms with Crippen LogP contribution in [-0.2, 0) is 14.3 Å². The summed E-state index contributed by atoms with van der Waals surface area (Å²) in [5, 5.41) is 34.2. The molecular weight excluding hydrogens is 759 g/mol. The van der Waals surface area contributed by atoms with Gasteiger partial charge in [-0.2, -0.15) is 9.97 Å². The number of imidazole rings is 1. The predicted molar refractivity (Wildman–Crippen MR) is 218 cm³/mol. The number of nitrogens with one attached hydrogen (secondary N) is 4. The Bertz CT molecular complexity index is 2270. The van der Waals surface area contributed by atoms with Crippen molar-refractivity contribution in [2.24, 2.45) is 0 Å². The van der Waals surface area contributed by atoms with E-state index in [9.17, 15) is 29.4 Å². The van der Waals surface area contributed by atoms with Crippen LogP contribution in [0.25, 0.3) is 11.2 Å². The molecular formula is C42H47N9O8. The van der Waals surface area contributed by atoms with Crippen molar-refractivity contribution >= 4 is 52.5 Å². The minimum absolute atomic E-state index is 0.0160. The molecule has 0 unspecified atom stereocenters. The molecule has 0 spiro atoms. The number of benzene rings is 3. The molecule has 3 amide bonds. The SMILES string of the molecule is CCC(=O)N[C@H]1C[C@@H](n2cnc3c(NCC(c4ccccc4)c4ccccc4)nc(N4CC[C@@H](NC(=O)Nc5ccc(C(=O)OC)cc5C(=O)OC)C4)nc32)[C@H](O)[C@@H]1O. The molecule has 2 fully saturated rings. The van der Waals surface area contributed by atoms with Crippen molar-refractivity contribution in [3.63, 3.8) is 0 Å². The molecule has 0 radical (unpaired) electrons. The molecule has 17 heteroatoms. The Morgan fingerprint density at radius 3 is 2.24 bits per heavy atom. The lowest BCUT2D eigenvalue weighted by atomic mass is 9.91. The fourth-order valence-corrected chi connectivity index (χ4v) is 7.73. The maximum atomic E-state index is 13.3. The molecule has 0 bridgehead atoms. The van der Waals surface area contributed by atoms with E-state index in [2.05, 4.69) is 45.5 Å². The Kier molecular flexibility index (Phi) is 12.3. The zero-order valence-electron chi connectivity index (χ0n) is 32.9. The van der Waals surface area contributed by atoms with E-state index in [1.165, 1.54) is 32.4 Å². The van der Waals surface area contributed by atoms with Gasteiger partial charge in [0.1, 0.15) is 12.2 Å². The van der Waals surface area contributed by atoms with Gasteiger partial charge in [0.15, 0.2) is 17.0 Å². The van der Waals surface area contributed by atoms with Crippen LogP contribution in [0, 0.1) is 0 Å². The average Bonchev–Trinajstić information content (AvgIpc) is 3.98. The normalized spacial score (nSPS) is 20.0. The number of anilines is 3. The fourth-order valence-electron chi connectivity index (χ4n) is 7.73. The number of amides is 3. The number of aliphatic hydroxyl groups excluding tert-OH is 2. The molecule has 6 N–H and O–H groups in total. The molecule has 1 aliphatic carbocycles. The first-order valence-electron chi connectivity index (χ1n) is 19.4. The van der Waals surface area contributed by atoms with E-state index in [4.69, 9.17) is 24.4 Å². The number of aromatic nitrogens is 4. The van der Waals surface area contributed by atoms with E-state index >= 15 is 0 Å². The third kappa shape index (κ3) is 8.80. The number of carbonyl (C=O) groups excluding carboxylic acids is 4. The van der Waals surface area contributed by atoms with Gasteiger partial charge in [-0.25, -0.2) is 19.4 Å². The molecule has 308 valence electrons. The quantitative estimate of drug-likeness (QED) is 0.0938. The molecule has 7 rings (SSSR count). The third-order valence-electron chi connectivity index (χ3n) is 10.9. The van der Waals surface area contributed by atoms with E-state index in [-0.39, 0.29) is 47.5 Å². The van der Waals surface area contributed by atoms with Crippen LogP contribution in [0.15, 0.2) is 85.2 Å². The molecule has 1 saturated heterocycles. The summed E-state index contributed by atoms with van der Waals surface area (Å²) in [4.78, 5) is 66.7. The predicted octanol–water partition coefficient (Wildman–Crippen LogP) is 3.61. The number of ether oxygens (including phenoxy) is 2. The first-order valence-corrected chi connectivity index (χ1v) is 19.4. The van der Waals surface area contributed by atoms with Crippen LogP contribution < -0.4 is 26.2 Å². The third-order valence-corrected chi connectivity index (χ3v) is 10.9. The lowest BCUT2D eigenvalue weighted by Crippen LogP contribution is -2.42. The summed E-state index contributed by atoms with van der Waals surface area (Å²) in [5.41, 5.74) is 3.35. The van der Waals surface area contributed by atoms with Crippen molar-refractivity contribution in [1.29, 1.82) is 0 Å². The lowest BCUT2D eigenvalue weighted by molar-refractivity contribution is -0.122.